The molecule has 1 aliphatic heterocycles. The van der Waals surface area contributed by atoms with Crippen molar-refractivity contribution in [1.82, 2.24) is 9.88 Å². The van der Waals surface area contributed by atoms with Gasteiger partial charge in [-0.15, -0.1) is 0 Å². The number of carboxylic acids is 1. The van der Waals surface area contributed by atoms with Crippen molar-refractivity contribution in [1.29, 1.82) is 0 Å². The molecule has 1 aromatic heterocycles. The van der Waals surface area contributed by atoms with Gasteiger partial charge in [-0.25, -0.2) is 0 Å². The molecule has 7 heteroatoms. The number of benzene rings is 2. The monoisotopic (exact) mass is 460 g/mol. The smallest absolute Gasteiger partial charge is 0.310 e. The molecule has 1 aliphatic rings. The minimum absolute atomic E-state index is 0.318. The SMILES string of the molecule is CCC(C(=O)O)c1ccc(C2(NCc3cc4c(Cl)c(Cl)ccc4n3C)CCOC2)cc1. The number of nitrogens with zero attached hydrogens (tertiary/aromatic N) is 1. The lowest BCUT2D eigenvalue weighted by Crippen LogP contribution is -2.42. The number of rotatable bonds is 7. The number of carbonyl (C=O) groups is 1. The van der Waals surface area contributed by atoms with E-state index in [9.17, 15) is 9.90 Å². The van der Waals surface area contributed by atoms with Crippen LogP contribution in [0.25, 0.3) is 10.9 Å². The number of hydrogen-bond donors (Lipinski definition) is 2. The Labute approximate surface area is 191 Å². The van der Waals surface area contributed by atoms with E-state index in [0.717, 1.165) is 34.1 Å². The molecular weight excluding hydrogens is 435 g/mol. The summed E-state index contributed by atoms with van der Waals surface area (Å²) in [5.41, 5.74) is 3.74. The third kappa shape index (κ3) is 4.08. The van der Waals surface area contributed by atoms with Gasteiger partial charge in [0, 0.05) is 36.8 Å². The Morgan fingerprint density at radius 2 is 2.00 bits per heavy atom. The molecule has 2 heterocycles. The molecule has 0 radical (unpaired) electrons. The number of nitrogens with one attached hydrogen (secondary N) is 1. The first-order valence-corrected chi connectivity index (χ1v) is 11.2. The van der Waals surface area contributed by atoms with Gasteiger partial charge in [0.25, 0.3) is 0 Å². The molecule has 5 nitrogen and oxygen atoms in total. The van der Waals surface area contributed by atoms with Crippen LogP contribution in [-0.2, 0) is 28.7 Å². The molecule has 0 amide bonds. The zero-order valence-corrected chi connectivity index (χ0v) is 19.1. The second-order valence-corrected chi connectivity index (χ2v) is 8.93. The lowest BCUT2D eigenvalue weighted by Gasteiger charge is -2.30. The number of aryl methyl sites for hydroxylation is 1. The first-order chi connectivity index (χ1) is 14.9. The van der Waals surface area contributed by atoms with Crippen LogP contribution in [0, 0.1) is 0 Å². The molecule has 0 spiro atoms. The van der Waals surface area contributed by atoms with E-state index >= 15 is 0 Å². The van der Waals surface area contributed by atoms with Crippen molar-refractivity contribution in [3.63, 3.8) is 0 Å². The first kappa shape index (κ1) is 22.2. The fourth-order valence-electron chi connectivity index (χ4n) is 4.45. The summed E-state index contributed by atoms with van der Waals surface area (Å²) in [6.45, 7) is 3.78. The maximum Gasteiger partial charge on any atom is 0.310 e. The molecule has 0 bridgehead atoms. The third-order valence-electron chi connectivity index (χ3n) is 6.41. The molecule has 31 heavy (non-hydrogen) atoms. The Hall–Kier alpha value is -2.05. The van der Waals surface area contributed by atoms with E-state index in [1.165, 1.54) is 0 Å². The maximum absolute atomic E-state index is 11.5. The molecule has 1 fully saturated rings. The number of ether oxygens (including phenoxy) is 1. The summed E-state index contributed by atoms with van der Waals surface area (Å²) >= 11 is 12.6. The standard InChI is InChI=1S/C24H26Cl2N2O3/c1-3-18(23(29)30)15-4-6-16(7-5-15)24(10-11-31-14-24)27-13-17-12-19-21(28(17)2)9-8-20(25)22(19)26/h4-9,12,18,27H,3,10-11,13-14H2,1-2H3,(H,29,30). The number of aliphatic carboxylic acids is 1. The van der Waals surface area contributed by atoms with E-state index < -0.39 is 11.9 Å². The van der Waals surface area contributed by atoms with Crippen LogP contribution in [0.15, 0.2) is 42.5 Å². The average molecular weight is 461 g/mol. The summed E-state index contributed by atoms with van der Waals surface area (Å²) in [6.07, 6.45) is 1.41. The highest BCUT2D eigenvalue weighted by Gasteiger charge is 2.36. The Morgan fingerprint density at radius 3 is 2.61 bits per heavy atom. The van der Waals surface area contributed by atoms with Crippen molar-refractivity contribution in [2.75, 3.05) is 13.2 Å². The Balaban J connectivity index is 1.60. The Bertz CT molecular complexity index is 1100. The van der Waals surface area contributed by atoms with Crippen LogP contribution in [0.3, 0.4) is 0 Å². The van der Waals surface area contributed by atoms with E-state index in [1.807, 2.05) is 50.4 Å². The summed E-state index contributed by atoms with van der Waals surface area (Å²) in [5.74, 6) is -1.27. The van der Waals surface area contributed by atoms with Gasteiger partial charge >= 0.3 is 5.97 Å². The molecule has 4 rings (SSSR count). The fraction of sp³-hybridized carbons (Fsp3) is 0.375. The van der Waals surface area contributed by atoms with Crippen LogP contribution < -0.4 is 5.32 Å². The van der Waals surface area contributed by atoms with Gasteiger partial charge in [0.05, 0.1) is 28.1 Å². The number of carboxylic acid groups (broad SMARTS) is 1. The normalized spacial score (nSPS) is 19.7. The topological polar surface area (TPSA) is 63.5 Å². The van der Waals surface area contributed by atoms with Crippen LogP contribution in [0.5, 0.6) is 0 Å². The fourth-order valence-corrected chi connectivity index (χ4v) is 4.83. The van der Waals surface area contributed by atoms with Gasteiger partial charge in [0.1, 0.15) is 0 Å². The van der Waals surface area contributed by atoms with Gasteiger partial charge in [0.15, 0.2) is 0 Å². The van der Waals surface area contributed by atoms with Gasteiger partial charge in [0.2, 0.25) is 0 Å². The van der Waals surface area contributed by atoms with E-state index in [2.05, 4.69) is 16.0 Å². The largest absolute Gasteiger partial charge is 0.481 e. The average Bonchev–Trinajstić information content (AvgIpc) is 3.36. The van der Waals surface area contributed by atoms with E-state index in [-0.39, 0.29) is 5.54 Å². The second-order valence-electron chi connectivity index (χ2n) is 8.15. The highest BCUT2D eigenvalue weighted by Crippen LogP contribution is 2.35. The number of fused-ring (bicyclic) bond motifs is 1. The summed E-state index contributed by atoms with van der Waals surface area (Å²) in [5, 5.41) is 15.2. The van der Waals surface area contributed by atoms with Gasteiger partial charge in [-0.3, -0.25) is 10.1 Å². The minimum Gasteiger partial charge on any atom is -0.481 e. The van der Waals surface area contributed by atoms with Crippen molar-refractivity contribution >= 4 is 40.1 Å². The molecule has 1 saturated heterocycles. The van der Waals surface area contributed by atoms with Crippen molar-refractivity contribution in [3.8, 4) is 0 Å². The minimum atomic E-state index is -0.790. The molecule has 0 saturated carbocycles. The number of halogens is 2. The Morgan fingerprint density at radius 1 is 1.26 bits per heavy atom. The van der Waals surface area contributed by atoms with E-state index in [4.69, 9.17) is 27.9 Å². The van der Waals surface area contributed by atoms with Gasteiger partial charge in [-0.2, -0.15) is 0 Å². The van der Waals surface area contributed by atoms with Crippen LogP contribution in [0.4, 0.5) is 0 Å². The molecule has 3 aromatic rings. The molecule has 2 atom stereocenters. The second kappa shape index (κ2) is 8.83. The zero-order chi connectivity index (χ0) is 22.2. The lowest BCUT2D eigenvalue weighted by atomic mass is 9.86. The van der Waals surface area contributed by atoms with Crippen molar-refractivity contribution in [3.05, 3.63) is 69.3 Å². The Kier molecular flexibility index (Phi) is 6.31. The predicted molar refractivity (Wildman–Crippen MR) is 124 cm³/mol. The van der Waals surface area contributed by atoms with Crippen molar-refractivity contribution in [2.24, 2.45) is 7.05 Å². The van der Waals surface area contributed by atoms with E-state index in [0.29, 0.717) is 36.2 Å². The first-order valence-electron chi connectivity index (χ1n) is 10.4. The van der Waals surface area contributed by atoms with E-state index in [1.54, 1.807) is 0 Å². The third-order valence-corrected chi connectivity index (χ3v) is 7.23. The maximum atomic E-state index is 11.5. The molecular formula is C24H26Cl2N2O3. The summed E-state index contributed by atoms with van der Waals surface area (Å²) in [6, 6.07) is 13.8. The van der Waals surface area contributed by atoms with Gasteiger partial charge in [-0.1, -0.05) is 54.4 Å². The molecule has 2 unspecified atom stereocenters. The zero-order valence-electron chi connectivity index (χ0n) is 17.6. The predicted octanol–water partition coefficient (Wildman–Crippen LogP) is 5.47. The summed E-state index contributed by atoms with van der Waals surface area (Å²) in [7, 11) is 2.02. The molecule has 2 aromatic carbocycles. The number of aromatic nitrogens is 1. The lowest BCUT2D eigenvalue weighted by molar-refractivity contribution is -0.138. The van der Waals surface area contributed by atoms with Crippen LogP contribution in [0.1, 0.15) is 42.5 Å². The quantitative estimate of drug-likeness (QED) is 0.490. The number of hydrogen-bond acceptors (Lipinski definition) is 3. The summed E-state index contributed by atoms with van der Waals surface area (Å²) in [4.78, 5) is 11.5. The van der Waals surface area contributed by atoms with Crippen LogP contribution >= 0.6 is 23.2 Å². The van der Waals surface area contributed by atoms with Crippen LogP contribution in [-0.4, -0.2) is 28.9 Å². The molecule has 0 aliphatic carbocycles. The highest BCUT2D eigenvalue weighted by molar-refractivity contribution is 6.45. The van der Waals surface area contributed by atoms with Gasteiger partial charge in [-0.05, 0) is 42.2 Å². The molecule has 2 N–H and O–H groups in total. The van der Waals surface area contributed by atoms with Gasteiger partial charge < -0.3 is 14.4 Å². The van der Waals surface area contributed by atoms with Crippen LogP contribution in [0.2, 0.25) is 10.0 Å². The molecule has 164 valence electrons. The van der Waals surface area contributed by atoms with Crippen molar-refractivity contribution < 1.29 is 14.6 Å². The van der Waals surface area contributed by atoms with Crippen molar-refractivity contribution in [2.45, 2.75) is 37.8 Å². The summed E-state index contributed by atoms with van der Waals surface area (Å²) < 4.78 is 7.88. The highest BCUT2D eigenvalue weighted by atomic mass is 35.5.